The smallest absolute Gasteiger partial charge is 0.410 e. The second kappa shape index (κ2) is 9.02. The summed E-state index contributed by atoms with van der Waals surface area (Å²) >= 11 is 11.9. The number of ether oxygens (including phenoxy) is 1. The number of hydrogen-bond acceptors (Lipinski definition) is 3. The third kappa shape index (κ3) is 6.78. The van der Waals surface area contributed by atoms with Gasteiger partial charge in [0, 0.05) is 32.4 Å². The van der Waals surface area contributed by atoms with E-state index in [4.69, 9.17) is 27.9 Å². The van der Waals surface area contributed by atoms with Gasteiger partial charge in [-0.2, -0.15) is 0 Å². The quantitative estimate of drug-likeness (QED) is 0.746. The lowest BCUT2D eigenvalue weighted by atomic mass is 9.98. The van der Waals surface area contributed by atoms with Gasteiger partial charge in [0.05, 0.1) is 10.0 Å². The molecule has 1 aromatic carbocycles. The Morgan fingerprint density at radius 1 is 1.30 bits per heavy atom. The molecule has 1 aliphatic heterocycles. The molecule has 1 aromatic rings. The average Bonchev–Trinajstić information content (AvgIpc) is 2.57. The first kappa shape index (κ1) is 21.6. The molecule has 6 nitrogen and oxygen atoms in total. The number of rotatable bonds is 3. The number of carbonyl (C=O) groups is 2. The minimum atomic E-state index is -0.524. The molecule has 0 spiro atoms. The Labute approximate surface area is 170 Å². The summed E-state index contributed by atoms with van der Waals surface area (Å²) in [6.07, 6.45) is 1.51. The third-order valence-electron chi connectivity index (χ3n) is 4.21. The predicted octanol–water partition coefficient (Wildman–Crippen LogP) is 5.10. The molecule has 2 rings (SSSR count). The van der Waals surface area contributed by atoms with E-state index in [1.165, 1.54) is 0 Å². The Kier molecular flexibility index (Phi) is 7.23. The van der Waals surface area contributed by atoms with Crippen LogP contribution in [0.4, 0.5) is 15.3 Å². The van der Waals surface area contributed by atoms with Crippen molar-refractivity contribution in [3.63, 3.8) is 0 Å². The first-order valence-electron chi connectivity index (χ1n) is 9.00. The zero-order valence-corrected chi connectivity index (χ0v) is 17.7. The minimum absolute atomic E-state index is 0.182. The van der Waals surface area contributed by atoms with E-state index in [9.17, 15) is 9.59 Å². The number of halogens is 2. The summed E-state index contributed by atoms with van der Waals surface area (Å²) in [6, 6.07) is 4.80. The minimum Gasteiger partial charge on any atom is -0.444 e. The van der Waals surface area contributed by atoms with Crippen molar-refractivity contribution in [2.75, 3.05) is 32.0 Å². The molecule has 1 saturated heterocycles. The maximum absolute atomic E-state index is 12.6. The van der Waals surface area contributed by atoms with Crippen molar-refractivity contribution in [1.82, 2.24) is 9.80 Å². The van der Waals surface area contributed by atoms with Crippen LogP contribution in [0.5, 0.6) is 0 Å². The second-order valence-corrected chi connectivity index (χ2v) is 8.69. The molecule has 27 heavy (non-hydrogen) atoms. The number of hydrogen-bond donors (Lipinski definition) is 1. The van der Waals surface area contributed by atoms with Crippen LogP contribution in [0.15, 0.2) is 18.2 Å². The number of nitrogens with zero attached hydrogens (tertiary/aromatic N) is 2. The molecule has 1 heterocycles. The fraction of sp³-hybridized carbons (Fsp3) is 0.579. The number of benzene rings is 1. The van der Waals surface area contributed by atoms with E-state index in [1.807, 2.05) is 20.8 Å². The number of nitrogens with one attached hydrogen (secondary N) is 1. The lowest BCUT2D eigenvalue weighted by molar-refractivity contribution is 0.0253. The molecule has 0 aromatic heterocycles. The van der Waals surface area contributed by atoms with Crippen LogP contribution >= 0.6 is 23.2 Å². The number of likely N-dealkylation sites (tertiary alicyclic amines) is 1. The molecule has 1 N–H and O–H groups in total. The van der Waals surface area contributed by atoms with Crippen LogP contribution in [0.25, 0.3) is 0 Å². The molecule has 0 radical (unpaired) electrons. The first-order valence-corrected chi connectivity index (χ1v) is 9.76. The average molecular weight is 416 g/mol. The number of piperidine rings is 1. The zero-order valence-electron chi connectivity index (χ0n) is 16.2. The molecule has 0 aliphatic carbocycles. The molecular weight excluding hydrogens is 389 g/mol. The Morgan fingerprint density at radius 2 is 2.00 bits per heavy atom. The highest BCUT2D eigenvalue weighted by atomic mass is 35.5. The second-order valence-electron chi connectivity index (χ2n) is 7.87. The molecule has 3 amide bonds. The van der Waals surface area contributed by atoms with Gasteiger partial charge in [-0.1, -0.05) is 23.2 Å². The van der Waals surface area contributed by atoms with Crippen LogP contribution in [-0.4, -0.2) is 54.2 Å². The Balaban J connectivity index is 1.89. The Bertz CT molecular complexity index is 691. The van der Waals surface area contributed by atoms with Crippen molar-refractivity contribution in [2.24, 2.45) is 5.92 Å². The molecule has 150 valence electrons. The molecule has 0 saturated carbocycles. The van der Waals surface area contributed by atoms with Crippen molar-refractivity contribution in [3.8, 4) is 0 Å². The van der Waals surface area contributed by atoms with Gasteiger partial charge in [-0.25, -0.2) is 9.59 Å². The largest absolute Gasteiger partial charge is 0.444 e. The van der Waals surface area contributed by atoms with E-state index in [0.29, 0.717) is 35.4 Å². The first-order chi connectivity index (χ1) is 12.5. The highest BCUT2D eigenvalue weighted by Gasteiger charge is 2.27. The number of amides is 3. The van der Waals surface area contributed by atoms with E-state index in [0.717, 1.165) is 12.8 Å². The Morgan fingerprint density at radius 3 is 2.63 bits per heavy atom. The van der Waals surface area contributed by atoms with E-state index < -0.39 is 5.60 Å². The van der Waals surface area contributed by atoms with Crippen LogP contribution in [0.1, 0.15) is 33.6 Å². The van der Waals surface area contributed by atoms with Crippen molar-refractivity contribution in [1.29, 1.82) is 0 Å². The lowest BCUT2D eigenvalue weighted by Gasteiger charge is -2.35. The monoisotopic (exact) mass is 415 g/mol. The van der Waals surface area contributed by atoms with Gasteiger partial charge in [0.15, 0.2) is 0 Å². The van der Waals surface area contributed by atoms with Crippen LogP contribution in [0.2, 0.25) is 10.0 Å². The van der Waals surface area contributed by atoms with E-state index in [-0.39, 0.29) is 18.0 Å². The molecular formula is C19H27Cl2N3O3. The predicted molar refractivity (Wildman–Crippen MR) is 109 cm³/mol. The van der Waals surface area contributed by atoms with Gasteiger partial charge in [0.25, 0.3) is 0 Å². The van der Waals surface area contributed by atoms with Crippen molar-refractivity contribution in [2.45, 2.75) is 39.2 Å². The summed E-state index contributed by atoms with van der Waals surface area (Å²) < 4.78 is 5.39. The van der Waals surface area contributed by atoms with Crippen LogP contribution < -0.4 is 5.32 Å². The maximum Gasteiger partial charge on any atom is 0.410 e. The molecule has 1 aliphatic rings. The number of urea groups is 1. The van der Waals surface area contributed by atoms with Gasteiger partial charge in [0.2, 0.25) is 0 Å². The molecule has 1 unspecified atom stereocenters. The van der Waals surface area contributed by atoms with Gasteiger partial charge in [0.1, 0.15) is 5.60 Å². The van der Waals surface area contributed by atoms with Crippen LogP contribution in [-0.2, 0) is 4.74 Å². The topological polar surface area (TPSA) is 61.9 Å². The fourth-order valence-electron chi connectivity index (χ4n) is 2.98. The number of anilines is 1. The fourth-order valence-corrected chi connectivity index (χ4v) is 3.27. The summed E-state index contributed by atoms with van der Waals surface area (Å²) in [7, 11) is 1.73. The highest BCUT2D eigenvalue weighted by Crippen LogP contribution is 2.26. The number of carbonyl (C=O) groups excluding carboxylic acids is 2. The van der Waals surface area contributed by atoms with Crippen molar-refractivity contribution >= 4 is 41.0 Å². The molecule has 1 fully saturated rings. The van der Waals surface area contributed by atoms with E-state index in [1.54, 1.807) is 35.0 Å². The Hall–Kier alpha value is -1.66. The van der Waals surface area contributed by atoms with E-state index in [2.05, 4.69) is 5.32 Å². The third-order valence-corrected chi connectivity index (χ3v) is 4.95. The maximum atomic E-state index is 12.6. The standard InChI is InChI=1S/C19H27Cl2N3O3/c1-19(2,3)27-18(26)23(4)11-13-6-5-9-24(12-13)17(25)22-14-7-8-15(20)16(21)10-14/h7-8,10,13H,5-6,9,11-12H2,1-4H3,(H,22,25). The van der Waals surface area contributed by atoms with Gasteiger partial charge in [-0.3, -0.25) is 0 Å². The normalized spacial score (nSPS) is 17.4. The van der Waals surface area contributed by atoms with Gasteiger partial charge in [-0.15, -0.1) is 0 Å². The van der Waals surface area contributed by atoms with Gasteiger partial charge in [-0.05, 0) is 57.7 Å². The van der Waals surface area contributed by atoms with Crippen molar-refractivity contribution in [3.05, 3.63) is 28.2 Å². The summed E-state index contributed by atoms with van der Waals surface area (Å²) in [4.78, 5) is 28.0. The van der Waals surface area contributed by atoms with Gasteiger partial charge >= 0.3 is 12.1 Å². The van der Waals surface area contributed by atoms with Crippen molar-refractivity contribution < 1.29 is 14.3 Å². The van der Waals surface area contributed by atoms with Crippen LogP contribution in [0.3, 0.4) is 0 Å². The summed E-state index contributed by atoms with van der Waals surface area (Å²) in [5.74, 6) is 0.204. The summed E-state index contributed by atoms with van der Waals surface area (Å²) in [5, 5.41) is 3.68. The highest BCUT2D eigenvalue weighted by molar-refractivity contribution is 6.42. The van der Waals surface area contributed by atoms with E-state index >= 15 is 0 Å². The molecule has 1 atom stereocenters. The zero-order chi connectivity index (χ0) is 20.2. The SMILES string of the molecule is CN(CC1CCCN(C(=O)Nc2ccc(Cl)c(Cl)c2)C1)C(=O)OC(C)(C)C. The molecule has 8 heteroatoms. The summed E-state index contributed by atoms with van der Waals surface area (Å²) in [6.45, 7) is 7.34. The lowest BCUT2D eigenvalue weighted by Crippen LogP contribution is -2.46. The molecule has 0 bridgehead atoms. The van der Waals surface area contributed by atoms with Crippen LogP contribution in [0, 0.1) is 5.92 Å². The summed E-state index contributed by atoms with van der Waals surface area (Å²) in [5.41, 5.74) is 0.0753. The van der Waals surface area contributed by atoms with Gasteiger partial charge < -0.3 is 19.9 Å².